The van der Waals surface area contributed by atoms with Gasteiger partial charge in [-0.25, -0.2) is 4.79 Å². The lowest BCUT2D eigenvalue weighted by atomic mass is 10.2. The summed E-state index contributed by atoms with van der Waals surface area (Å²) in [7, 11) is -3.42. The average molecular weight is 309 g/mol. The minimum atomic E-state index is -3.42. The first-order chi connectivity index (χ1) is 9.05. The topological polar surface area (TPSA) is 73.9 Å². The summed E-state index contributed by atoms with van der Waals surface area (Å²) in [6, 6.07) is 0. The zero-order valence-electron chi connectivity index (χ0n) is 13.6. The molecule has 20 heavy (non-hydrogen) atoms. The summed E-state index contributed by atoms with van der Waals surface area (Å²) in [6.07, 6.45) is -0.629. The fourth-order valence-electron chi connectivity index (χ4n) is 1.60. The van der Waals surface area contributed by atoms with Crippen LogP contribution in [0.2, 0.25) is 0 Å². The Bertz CT molecular complexity index is 341. The Labute approximate surface area is 122 Å². The summed E-state index contributed by atoms with van der Waals surface area (Å²) >= 11 is 0. The molecule has 0 aliphatic heterocycles. The molecule has 0 aliphatic carbocycles. The van der Waals surface area contributed by atoms with E-state index >= 15 is 0 Å². The third kappa shape index (κ3) is 6.73. The molecule has 0 aromatic carbocycles. The molecular weight excluding hydrogens is 281 g/mol. The first-order valence-electron chi connectivity index (χ1n) is 6.94. The van der Waals surface area contributed by atoms with Crippen LogP contribution in [0.1, 0.15) is 48.5 Å². The number of hydrogen-bond donors (Lipinski definition) is 1. The van der Waals surface area contributed by atoms with Crippen molar-refractivity contribution in [2.45, 2.75) is 59.9 Å². The van der Waals surface area contributed by atoms with Crippen molar-refractivity contribution in [1.82, 2.24) is 5.32 Å². The lowest BCUT2D eigenvalue weighted by Gasteiger charge is -2.30. The van der Waals surface area contributed by atoms with Gasteiger partial charge in [-0.1, -0.05) is 13.8 Å². The number of amides is 1. The zero-order valence-corrected chi connectivity index (χ0v) is 14.5. The Hall–Kier alpha value is -0.580. The van der Waals surface area contributed by atoms with Gasteiger partial charge in [-0.05, 0) is 40.5 Å². The Balaban J connectivity index is 5.03. The molecule has 0 radical (unpaired) electrons. The molecule has 0 heterocycles. The van der Waals surface area contributed by atoms with Crippen LogP contribution in [0.15, 0.2) is 0 Å². The maximum atomic E-state index is 12.7. The van der Waals surface area contributed by atoms with E-state index in [4.69, 9.17) is 13.8 Å². The van der Waals surface area contributed by atoms with Crippen molar-refractivity contribution >= 4 is 13.7 Å². The van der Waals surface area contributed by atoms with E-state index in [0.717, 1.165) is 0 Å². The van der Waals surface area contributed by atoms with Crippen LogP contribution in [0.3, 0.4) is 0 Å². The lowest BCUT2D eigenvalue weighted by Crippen LogP contribution is -2.42. The molecule has 0 saturated carbocycles. The van der Waals surface area contributed by atoms with E-state index in [1.807, 2.05) is 13.8 Å². The standard InChI is InChI=1S/C13H28NO5P/c1-8-17-20(16,18-9-2)11(10(3)4)14-12(15)19-13(5,6)7/h10-11H,8-9H2,1-7H3,(H,14,15). The molecule has 0 fully saturated rings. The van der Waals surface area contributed by atoms with Crippen LogP contribution in [0.25, 0.3) is 0 Å². The fraction of sp³-hybridized carbons (Fsp3) is 0.923. The number of nitrogens with one attached hydrogen (secondary N) is 1. The van der Waals surface area contributed by atoms with Gasteiger partial charge < -0.3 is 19.1 Å². The van der Waals surface area contributed by atoms with Gasteiger partial charge in [0, 0.05) is 0 Å². The second-order valence-corrected chi connectivity index (χ2v) is 7.86. The highest BCUT2D eigenvalue weighted by Gasteiger charge is 2.39. The van der Waals surface area contributed by atoms with Crippen LogP contribution in [-0.4, -0.2) is 30.7 Å². The van der Waals surface area contributed by atoms with Crippen molar-refractivity contribution in [2.75, 3.05) is 13.2 Å². The van der Waals surface area contributed by atoms with Crippen molar-refractivity contribution in [3.8, 4) is 0 Å². The molecule has 1 amide bonds. The van der Waals surface area contributed by atoms with Crippen molar-refractivity contribution in [2.24, 2.45) is 5.92 Å². The molecule has 0 bridgehead atoms. The third-order valence-corrected chi connectivity index (χ3v) is 4.90. The quantitative estimate of drug-likeness (QED) is 0.725. The largest absolute Gasteiger partial charge is 0.444 e. The van der Waals surface area contributed by atoms with Gasteiger partial charge in [-0.3, -0.25) is 4.57 Å². The van der Waals surface area contributed by atoms with Gasteiger partial charge in [0.05, 0.1) is 13.2 Å². The van der Waals surface area contributed by atoms with Gasteiger partial charge in [0.25, 0.3) is 0 Å². The summed E-state index contributed by atoms with van der Waals surface area (Å²) in [4.78, 5) is 11.9. The molecule has 1 atom stereocenters. The number of rotatable bonds is 7. The predicted octanol–water partition coefficient (Wildman–Crippen LogP) is 3.76. The normalized spacial score (nSPS) is 14.2. The fourth-order valence-corrected chi connectivity index (χ4v) is 3.71. The number of carbonyl (C=O) groups is 1. The second-order valence-electron chi connectivity index (χ2n) is 5.71. The van der Waals surface area contributed by atoms with Crippen molar-refractivity contribution < 1.29 is 23.1 Å². The van der Waals surface area contributed by atoms with Crippen molar-refractivity contribution in [3.63, 3.8) is 0 Å². The van der Waals surface area contributed by atoms with Crippen LogP contribution >= 0.6 is 7.60 Å². The van der Waals surface area contributed by atoms with Crippen LogP contribution in [-0.2, 0) is 18.3 Å². The van der Waals surface area contributed by atoms with E-state index in [1.165, 1.54) is 0 Å². The maximum Gasteiger partial charge on any atom is 0.408 e. The Morgan fingerprint density at radius 2 is 1.60 bits per heavy atom. The number of ether oxygens (including phenoxy) is 1. The SMILES string of the molecule is CCOP(=O)(OCC)C(NC(=O)OC(C)(C)C)C(C)C. The van der Waals surface area contributed by atoms with Gasteiger partial charge in [-0.15, -0.1) is 0 Å². The number of hydrogen-bond acceptors (Lipinski definition) is 5. The molecule has 0 rings (SSSR count). The van der Waals surface area contributed by atoms with Crippen molar-refractivity contribution in [3.05, 3.63) is 0 Å². The molecule has 0 saturated heterocycles. The summed E-state index contributed by atoms with van der Waals surface area (Å²) < 4.78 is 28.5. The summed E-state index contributed by atoms with van der Waals surface area (Å²) in [5.41, 5.74) is -0.618. The predicted molar refractivity (Wildman–Crippen MR) is 78.9 cm³/mol. The molecule has 7 heteroatoms. The molecule has 0 aromatic heterocycles. The van der Waals surface area contributed by atoms with Crippen LogP contribution < -0.4 is 5.32 Å². The second kappa shape index (κ2) is 8.01. The number of carbonyl (C=O) groups excluding carboxylic acids is 1. The average Bonchev–Trinajstić information content (AvgIpc) is 2.23. The summed E-state index contributed by atoms with van der Waals surface area (Å²) in [5, 5.41) is 2.61. The highest BCUT2D eigenvalue weighted by molar-refractivity contribution is 7.54. The van der Waals surface area contributed by atoms with E-state index in [2.05, 4.69) is 5.32 Å². The molecule has 1 N–H and O–H groups in total. The van der Waals surface area contributed by atoms with E-state index in [9.17, 15) is 9.36 Å². The molecular formula is C13H28NO5P. The Kier molecular flexibility index (Phi) is 7.78. The van der Waals surface area contributed by atoms with Gasteiger partial charge in [-0.2, -0.15) is 0 Å². The highest BCUT2D eigenvalue weighted by Crippen LogP contribution is 2.54. The summed E-state index contributed by atoms with van der Waals surface area (Å²) in [5.74, 6) is -0.858. The molecule has 0 spiro atoms. The Morgan fingerprint density at radius 3 is 1.90 bits per heavy atom. The molecule has 0 aliphatic rings. The Morgan fingerprint density at radius 1 is 1.15 bits per heavy atom. The van der Waals surface area contributed by atoms with Crippen LogP contribution in [0.5, 0.6) is 0 Å². The van der Waals surface area contributed by atoms with Gasteiger partial charge in [0.2, 0.25) is 0 Å². The molecule has 0 aromatic rings. The molecule has 6 nitrogen and oxygen atoms in total. The first-order valence-corrected chi connectivity index (χ1v) is 8.55. The van der Waals surface area contributed by atoms with Crippen LogP contribution in [0.4, 0.5) is 4.79 Å². The zero-order chi connectivity index (χ0) is 16.0. The van der Waals surface area contributed by atoms with E-state index in [0.29, 0.717) is 0 Å². The summed E-state index contributed by atoms with van der Waals surface area (Å²) in [6.45, 7) is 12.9. The molecule has 120 valence electrons. The van der Waals surface area contributed by atoms with Gasteiger partial charge >= 0.3 is 13.7 Å². The van der Waals surface area contributed by atoms with Crippen LogP contribution in [0, 0.1) is 5.92 Å². The minimum absolute atomic E-state index is 0.119. The van der Waals surface area contributed by atoms with Crippen molar-refractivity contribution in [1.29, 1.82) is 0 Å². The van der Waals surface area contributed by atoms with Gasteiger partial charge in [0.15, 0.2) is 0 Å². The highest BCUT2D eigenvalue weighted by atomic mass is 31.2. The van der Waals surface area contributed by atoms with E-state index in [-0.39, 0.29) is 19.1 Å². The third-order valence-electron chi connectivity index (χ3n) is 2.25. The monoisotopic (exact) mass is 309 g/mol. The smallest absolute Gasteiger partial charge is 0.408 e. The van der Waals surface area contributed by atoms with E-state index < -0.39 is 25.1 Å². The lowest BCUT2D eigenvalue weighted by molar-refractivity contribution is 0.0497. The van der Waals surface area contributed by atoms with E-state index in [1.54, 1.807) is 34.6 Å². The minimum Gasteiger partial charge on any atom is -0.444 e. The maximum absolute atomic E-state index is 12.7. The number of alkyl carbamates (subject to hydrolysis) is 1. The van der Waals surface area contributed by atoms with Gasteiger partial charge in [0.1, 0.15) is 11.4 Å². The first kappa shape index (κ1) is 19.4. The molecule has 1 unspecified atom stereocenters.